The second-order valence-electron chi connectivity index (χ2n) is 7.38. The molecule has 0 aromatic heterocycles. The van der Waals surface area contributed by atoms with Gasteiger partial charge in [-0.15, -0.1) is 0 Å². The summed E-state index contributed by atoms with van der Waals surface area (Å²) in [5.41, 5.74) is 1.99. The van der Waals surface area contributed by atoms with E-state index in [4.69, 9.17) is 9.47 Å². The number of ether oxygens (including phenoxy) is 2. The van der Waals surface area contributed by atoms with Gasteiger partial charge in [-0.3, -0.25) is 4.79 Å². The lowest BCUT2D eigenvalue weighted by Gasteiger charge is -2.36. The van der Waals surface area contributed by atoms with Crippen LogP contribution in [0.25, 0.3) is 0 Å². The molecule has 1 N–H and O–H groups in total. The third-order valence-electron chi connectivity index (χ3n) is 5.52. The minimum atomic E-state index is -0.235. The summed E-state index contributed by atoms with van der Waals surface area (Å²) in [7, 11) is 3.28. The van der Waals surface area contributed by atoms with Gasteiger partial charge in [0, 0.05) is 56.4 Å². The molecule has 0 radical (unpaired) electrons. The first-order valence-corrected chi connectivity index (χ1v) is 10.3. The Balaban J connectivity index is 1.45. The lowest BCUT2D eigenvalue weighted by Crippen LogP contribution is -2.49. The fourth-order valence-electron chi connectivity index (χ4n) is 3.71. The number of hydrogen-bond donors (Lipinski definition) is 1. The molecule has 0 aliphatic carbocycles. The molecule has 2 aromatic rings. The van der Waals surface area contributed by atoms with Crippen molar-refractivity contribution in [2.75, 3.05) is 51.8 Å². The van der Waals surface area contributed by atoms with Gasteiger partial charge in [-0.2, -0.15) is 0 Å². The normalized spacial score (nSPS) is 15.1. The number of benzene rings is 2. The molecule has 162 valence electrons. The highest BCUT2D eigenvalue weighted by atomic mass is 19.1. The van der Waals surface area contributed by atoms with E-state index < -0.39 is 0 Å². The van der Waals surface area contributed by atoms with Crippen molar-refractivity contribution in [3.63, 3.8) is 0 Å². The van der Waals surface area contributed by atoms with Gasteiger partial charge < -0.3 is 24.6 Å². The first-order valence-electron chi connectivity index (χ1n) is 10.3. The number of amides is 1. The highest BCUT2D eigenvalue weighted by Gasteiger charge is 2.21. The lowest BCUT2D eigenvalue weighted by molar-refractivity contribution is -0.131. The number of carbonyl (C=O) groups is 1. The Kier molecular flexibility index (Phi) is 7.52. The largest absolute Gasteiger partial charge is 0.497 e. The van der Waals surface area contributed by atoms with Crippen molar-refractivity contribution >= 4 is 11.6 Å². The molecule has 1 saturated heterocycles. The molecule has 2 aromatic carbocycles. The third-order valence-corrected chi connectivity index (χ3v) is 5.52. The quantitative estimate of drug-likeness (QED) is 0.718. The predicted octanol–water partition coefficient (Wildman–Crippen LogP) is 3.23. The number of methoxy groups -OCH3 is 2. The van der Waals surface area contributed by atoms with E-state index in [-0.39, 0.29) is 17.8 Å². The zero-order valence-electron chi connectivity index (χ0n) is 17.9. The van der Waals surface area contributed by atoms with Crippen molar-refractivity contribution in [2.45, 2.75) is 19.4 Å². The summed E-state index contributed by atoms with van der Waals surface area (Å²) in [6.45, 7) is 5.48. The minimum absolute atomic E-state index is 0.0261. The van der Waals surface area contributed by atoms with E-state index in [2.05, 4.69) is 10.2 Å². The highest BCUT2D eigenvalue weighted by molar-refractivity contribution is 5.76. The number of halogens is 1. The van der Waals surface area contributed by atoms with Crippen LogP contribution < -0.4 is 19.7 Å². The van der Waals surface area contributed by atoms with Gasteiger partial charge in [0.15, 0.2) is 0 Å². The van der Waals surface area contributed by atoms with Gasteiger partial charge in [0.1, 0.15) is 17.3 Å². The number of anilines is 1. The van der Waals surface area contributed by atoms with E-state index in [1.165, 1.54) is 12.1 Å². The Labute approximate surface area is 177 Å². The molecule has 3 rings (SSSR count). The number of nitrogens with one attached hydrogen (secondary N) is 1. The van der Waals surface area contributed by atoms with Gasteiger partial charge in [0.2, 0.25) is 5.91 Å². The summed E-state index contributed by atoms with van der Waals surface area (Å²) >= 11 is 0. The Bertz CT molecular complexity index is 836. The summed E-state index contributed by atoms with van der Waals surface area (Å²) in [5, 5.41) is 3.41. The van der Waals surface area contributed by atoms with E-state index >= 15 is 0 Å². The number of nitrogens with zero attached hydrogens (tertiary/aromatic N) is 2. The van der Waals surface area contributed by atoms with E-state index in [9.17, 15) is 9.18 Å². The molecule has 30 heavy (non-hydrogen) atoms. The SMILES string of the molecule is COc1ccc(OC)c(C(C)NCCC(=O)N2CCN(c3ccc(F)cc3)CC2)c1. The predicted molar refractivity (Wildman–Crippen MR) is 116 cm³/mol. The van der Waals surface area contributed by atoms with E-state index in [0.717, 1.165) is 35.8 Å². The molecule has 1 heterocycles. The molecule has 1 aliphatic rings. The first kappa shape index (κ1) is 21.9. The monoisotopic (exact) mass is 415 g/mol. The number of piperazine rings is 1. The fourth-order valence-corrected chi connectivity index (χ4v) is 3.71. The minimum Gasteiger partial charge on any atom is -0.497 e. The van der Waals surface area contributed by atoms with Gasteiger partial charge in [-0.05, 0) is 49.4 Å². The molecule has 1 fully saturated rings. The van der Waals surface area contributed by atoms with Crippen molar-refractivity contribution < 1.29 is 18.7 Å². The van der Waals surface area contributed by atoms with Crippen LogP contribution in [-0.2, 0) is 4.79 Å². The van der Waals surface area contributed by atoms with Gasteiger partial charge in [0.05, 0.1) is 14.2 Å². The molecular formula is C23H30FN3O3. The molecule has 0 bridgehead atoms. The Morgan fingerprint density at radius 3 is 2.40 bits per heavy atom. The van der Waals surface area contributed by atoms with Crippen molar-refractivity contribution in [3.8, 4) is 11.5 Å². The van der Waals surface area contributed by atoms with Crippen LogP contribution in [0.4, 0.5) is 10.1 Å². The topological polar surface area (TPSA) is 54.0 Å². The van der Waals surface area contributed by atoms with E-state index in [0.29, 0.717) is 26.1 Å². The number of hydrogen-bond acceptors (Lipinski definition) is 5. The van der Waals surface area contributed by atoms with Crippen molar-refractivity contribution in [1.82, 2.24) is 10.2 Å². The van der Waals surface area contributed by atoms with Crippen LogP contribution >= 0.6 is 0 Å². The second kappa shape index (κ2) is 10.3. The maximum atomic E-state index is 13.1. The first-order chi connectivity index (χ1) is 14.5. The average molecular weight is 416 g/mol. The van der Waals surface area contributed by atoms with Crippen molar-refractivity contribution in [2.24, 2.45) is 0 Å². The maximum absolute atomic E-state index is 13.1. The van der Waals surface area contributed by atoms with Crippen LogP contribution in [0.15, 0.2) is 42.5 Å². The molecular weight excluding hydrogens is 385 g/mol. The van der Waals surface area contributed by atoms with Crippen LogP contribution in [0.2, 0.25) is 0 Å². The Hall–Kier alpha value is -2.80. The lowest BCUT2D eigenvalue weighted by atomic mass is 10.1. The van der Waals surface area contributed by atoms with Crippen LogP contribution in [0.3, 0.4) is 0 Å². The Morgan fingerprint density at radius 1 is 1.07 bits per heavy atom. The molecule has 1 amide bonds. The average Bonchev–Trinajstić information content (AvgIpc) is 2.79. The van der Waals surface area contributed by atoms with Crippen LogP contribution in [0.5, 0.6) is 11.5 Å². The molecule has 1 unspecified atom stereocenters. The van der Waals surface area contributed by atoms with Crippen molar-refractivity contribution in [3.05, 3.63) is 53.8 Å². The highest BCUT2D eigenvalue weighted by Crippen LogP contribution is 2.29. The van der Waals surface area contributed by atoms with Crippen LogP contribution in [0, 0.1) is 5.82 Å². The molecule has 0 saturated carbocycles. The standard InChI is InChI=1S/C23H30FN3O3/c1-17(21-16-20(29-2)8-9-22(21)30-3)25-11-10-23(28)27-14-12-26(13-15-27)19-6-4-18(24)5-7-19/h4-9,16-17,25H,10-15H2,1-3H3. The molecule has 1 aliphatic heterocycles. The maximum Gasteiger partial charge on any atom is 0.223 e. The van der Waals surface area contributed by atoms with Gasteiger partial charge in [-0.1, -0.05) is 0 Å². The zero-order valence-corrected chi connectivity index (χ0v) is 17.9. The zero-order chi connectivity index (χ0) is 21.5. The van der Waals surface area contributed by atoms with Gasteiger partial charge in [0.25, 0.3) is 0 Å². The number of rotatable bonds is 8. The molecule has 1 atom stereocenters. The van der Waals surface area contributed by atoms with E-state index in [1.807, 2.05) is 30.0 Å². The van der Waals surface area contributed by atoms with Gasteiger partial charge >= 0.3 is 0 Å². The fraction of sp³-hybridized carbons (Fsp3) is 0.435. The number of carbonyl (C=O) groups excluding carboxylic acids is 1. The summed E-state index contributed by atoms with van der Waals surface area (Å²) < 4.78 is 23.8. The summed E-state index contributed by atoms with van der Waals surface area (Å²) in [6, 6.07) is 12.2. The second-order valence-corrected chi connectivity index (χ2v) is 7.38. The Morgan fingerprint density at radius 2 is 1.77 bits per heavy atom. The molecule has 0 spiro atoms. The summed E-state index contributed by atoms with van der Waals surface area (Å²) in [6.07, 6.45) is 0.438. The van der Waals surface area contributed by atoms with Gasteiger partial charge in [-0.25, -0.2) is 4.39 Å². The molecule has 6 nitrogen and oxygen atoms in total. The van der Waals surface area contributed by atoms with Crippen LogP contribution in [-0.4, -0.2) is 57.8 Å². The van der Waals surface area contributed by atoms with Crippen molar-refractivity contribution in [1.29, 1.82) is 0 Å². The smallest absolute Gasteiger partial charge is 0.223 e. The summed E-state index contributed by atoms with van der Waals surface area (Å²) in [5.74, 6) is 1.47. The van der Waals surface area contributed by atoms with Crippen LogP contribution in [0.1, 0.15) is 24.9 Å². The third kappa shape index (κ3) is 5.42. The van der Waals surface area contributed by atoms with E-state index in [1.54, 1.807) is 26.4 Å². The molecule has 7 heteroatoms. The summed E-state index contributed by atoms with van der Waals surface area (Å²) in [4.78, 5) is 16.7.